The summed E-state index contributed by atoms with van der Waals surface area (Å²) < 4.78 is 33.5. The first-order valence-corrected chi connectivity index (χ1v) is 7.57. The van der Waals surface area contributed by atoms with Crippen molar-refractivity contribution in [2.45, 2.75) is 20.4 Å². The zero-order valence-electron chi connectivity index (χ0n) is 11.5. The predicted molar refractivity (Wildman–Crippen MR) is 76.3 cm³/mol. The van der Waals surface area contributed by atoms with Crippen LogP contribution < -0.4 is 15.2 Å². The first-order chi connectivity index (χ1) is 9.00. The Labute approximate surface area is 114 Å². The van der Waals surface area contributed by atoms with Gasteiger partial charge in [-0.05, 0) is 11.6 Å². The van der Waals surface area contributed by atoms with Gasteiger partial charge in [0.05, 0.1) is 12.8 Å². The molecule has 0 aliphatic carbocycles. The highest BCUT2D eigenvalue weighted by Gasteiger charge is 2.21. The second-order valence-electron chi connectivity index (χ2n) is 3.89. The maximum Gasteiger partial charge on any atom is 0.301 e. The Morgan fingerprint density at radius 3 is 2.42 bits per heavy atom. The van der Waals surface area contributed by atoms with Crippen LogP contribution in [0.3, 0.4) is 0 Å². The molecule has 0 unspecified atom stereocenters. The minimum absolute atomic E-state index is 0.229. The molecule has 1 aromatic rings. The lowest BCUT2D eigenvalue weighted by molar-refractivity contribution is 0.415. The van der Waals surface area contributed by atoms with E-state index in [9.17, 15) is 8.42 Å². The van der Waals surface area contributed by atoms with E-state index in [1.54, 1.807) is 32.0 Å². The molecule has 7 heteroatoms. The number of nitrogens with one attached hydrogen (secondary N) is 1. The minimum Gasteiger partial charge on any atom is -0.495 e. The van der Waals surface area contributed by atoms with Gasteiger partial charge in [-0.1, -0.05) is 26.0 Å². The number of ether oxygens (including phenoxy) is 1. The molecule has 0 aromatic heterocycles. The number of rotatable bonds is 7. The highest BCUT2D eigenvalue weighted by molar-refractivity contribution is 7.90. The van der Waals surface area contributed by atoms with Crippen LogP contribution in [0.4, 0.5) is 5.69 Å². The summed E-state index contributed by atoms with van der Waals surface area (Å²) in [5, 5.41) is 0. The van der Waals surface area contributed by atoms with E-state index in [4.69, 9.17) is 10.5 Å². The van der Waals surface area contributed by atoms with Crippen molar-refractivity contribution in [1.82, 2.24) is 4.31 Å². The second kappa shape index (κ2) is 6.74. The van der Waals surface area contributed by atoms with Gasteiger partial charge in [-0.25, -0.2) is 0 Å². The number of methoxy groups -OCH3 is 1. The summed E-state index contributed by atoms with van der Waals surface area (Å²) in [6.45, 7) is 4.61. The Kier molecular flexibility index (Phi) is 5.59. The van der Waals surface area contributed by atoms with Gasteiger partial charge < -0.3 is 10.5 Å². The lowest BCUT2D eigenvalue weighted by Gasteiger charge is -2.21. The number of hydrogen-bond donors (Lipinski definition) is 2. The van der Waals surface area contributed by atoms with Crippen LogP contribution in [0.2, 0.25) is 0 Å². The summed E-state index contributed by atoms with van der Waals surface area (Å²) in [7, 11) is -2.10. The average Bonchev–Trinajstić information content (AvgIpc) is 2.39. The number of para-hydroxylation sites is 1. The quantitative estimate of drug-likeness (QED) is 0.788. The molecule has 6 nitrogen and oxygen atoms in total. The molecular formula is C12H21N3O3S. The Morgan fingerprint density at radius 2 is 1.95 bits per heavy atom. The summed E-state index contributed by atoms with van der Waals surface area (Å²) >= 11 is 0. The third-order valence-electron chi connectivity index (χ3n) is 2.83. The number of nitrogens with zero attached hydrogens (tertiary/aromatic N) is 1. The summed E-state index contributed by atoms with van der Waals surface area (Å²) in [6.07, 6.45) is 0. The fourth-order valence-electron chi connectivity index (χ4n) is 1.79. The van der Waals surface area contributed by atoms with E-state index in [0.29, 0.717) is 30.1 Å². The molecule has 3 N–H and O–H groups in total. The topological polar surface area (TPSA) is 84.7 Å². The SMILES string of the molecule is CCN(CC)S(=O)(=O)Nc1c(CN)cccc1OC. The van der Waals surface area contributed by atoms with Crippen LogP contribution in [0, 0.1) is 0 Å². The van der Waals surface area contributed by atoms with Gasteiger partial charge in [0.1, 0.15) is 5.75 Å². The lowest BCUT2D eigenvalue weighted by Crippen LogP contribution is -2.35. The number of benzene rings is 1. The standard InChI is InChI=1S/C12H21N3O3S/c1-4-15(5-2)19(16,17)14-12-10(9-13)7-6-8-11(12)18-3/h6-8,14H,4-5,9,13H2,1-3H3. The fourth-order valence-corrected chi connectivity index (χ4v) is 3.09. The molecule has 108 valence electrons. The van der Waals surface area contributed by atoms with E-state index >= 15 is 0 Å². The molecule has 0 atom stereocenters. The van der Waals surface area contributed by atoms with Crippen molar-refractivity contribution in [2.75, 3.05) is 24.9 Å². The molecule has 0 saturated heterocycles. The van der Waals surface area contributed by atoms with Crippen molar-refractivity contribution < 1.29 is 13.2 Å². The van der Waals surface area contributed by atoms with Crippen LogP contribution in [0.1, 0.15) is 19.4 Å². The summed E-state index contributed by atoms with van der Waals surface area (Å²) in [6, 6.07) is 5.23. The zero-order valence-corrected chi connectivity index (χ0v) is 12.3. The maximum atomic E-state index is 12.2. The molecule has 0 heterocycles. The van der Waals surface area contributed by atoms with Crippen LogP contribution in [0.5, 0.6) is 5.75 Å². The minimum atomic E-state index is -3.59. The van der Waals surface area contributed by atoms with E-state index < -0.39 is 10.2 Å². The maximum absolute atomic E-state index is 12.2. The summed E-state index contributed by atoms with van der Waals surface area (Å²) in [4.78, 5) is 0. The van der Waals surface area contributed by atoms with Crippen LogP contribution >= 0.6 is 0 Å². The van der Waals surface area contributed by atoms with Crippen molar-refractivity contribution in [2.24, 2.45) is 5.73 Å². The number of anilines is 1. The van der Waals surface area contributed by atoms with E-state index in [1.807, 2.05) is 0 Å². The van der Waals surface area contributed by atoms with Crippen molar-refractivity contribution in [1.29, 1.82) is 0 Å². The van der Waals surface area contributed by atoms with Gasteiger partial charge in [0.25, 0.3) is 0 Å². The third-order valence-corrected chi connectivity index (χ3v) is 4.49. The van der Waals surface area contributed by atoms with Crippen molar-refractivity contribution >= 4 is 15.9 Å². The molecule has 0 aliphatic rings. The lowest BCUT2D eigenvalue weighted by atomic mass is 10.1. The molecular weight excluding hydrogens is 266 g/mol. The van der Waals surface area contributed by atoms with Crippen LogP contribution in [-0.4, -0.2) is 32.9 Å². The van der Waals surface area contributed by atoms with Gasteiger partial charge in [-0.3, -0.25) is 4.72 Å². The van der Waals surface area contributed by atoms with E-state index in [0.717, 1.165) is 0 Å². The van der Waals surface area contributed by atoms with Crippen LogP contribution in [0.25, 0.3) is 0 Å². The molecule has 1 aromatic carbocycles. The van der Waals surface area contributed by atoms with Gasteiger partial charge in [0, 0.05) is 19.6 Å². The Bertz CT molecular complexity index is 491. The monoisotopic (exact) mass is 287 g/mol. The number of nitrogens with two attached hydrogens (primary N) is 1. The average molecular weight is 287 g/mol. The Morgan fingerprint density at radius 1 is 1.32 bits per heavy atom. The smallest absolute Gasteiger partial charge is 0.301 e. The Balaban J connectivity index is 3.18. The Hall–Kier alpha value is -1.31. The molecule has 0 saturated carbocycles. The molecule has 0 bridgehead atoms. The highest BCUT2D eigenvalue weighted by atomic mass is 32.2. The molecule has 0 radical (unpaired) electrons. The van der Waals surface area contributed by atoms with Crippen LogP contribution in [0.15, 0.2) is 18.2 Å². The van der Waals surface area contributed by atoms with Gasteiger partial charge in [0.15, 0.2) is 0 Å². The molecule has 0 spiro atoms. The first-order valence-electron chi connectivity index (χ1n) is 6.13. The first kappa shape index (κ1) is 15.7. The van der Waals surface area contributed by atoms with Gasteiger partial charge in [0.2, 0.25) is 0 Å². The predicted octanol–water partition coefficient (Wildman–Crippen LogP) is 1.15. The second-order valence-corrected chi connectivity index (χ2v) is 5.56. The molecule has 0 amide bonds. The van der Waals surface area contributed by atoms with Crippen molar-refractivity contribution in [3.63, 3.8) is 0 Å². The highest BCUT2D eigenvalue weighted by Crippen LogP contribution is 2.29. The fraction of sp³-hybridized carbons (Fsp3) is 0.500. The third kappa shape index (κ3) is 3.59. The van der Waals surface area contributed by atoms with Gasteiger partial charge in [-0.15, -0.1) is 0 Å². The summed E-state index contributed by atoms with van der Waals surface area (Å²) in [5.41, 5.74) is 6.72. The normalized spacial score (nSPS) is 11.6. The summed E-state index contributed by atoms with van der Waals surface area (Å²) in [5.74, 6) is 0.457. The largest absolute Gasteiger partial charge is 0.495 e. The van der Waals surface area contributed by atoms with Crippen molar-refractivity contribution in [3.05, 3.63) is 23.8 Å². The van der Waals surface area contributed by atoms with Crippen LogP contribution in [-0.2, 0) is 16.8 Å². The number of hydrogen-bond acceptors (Lipinski definition) is 4. The van der Waals surface area contributed by atoms with Gasteiger partial charge in [-0.2, -0.15) is 12.7 Å². The van der Waals surface area contributed by atoms with Crippen molar-refractivity contribution in [3.8, 4) is 5.75 Å². The zero-order chi connectivity index (χ0) is 14.5. The van der Waals surface area contributed by atoms with E-state index in [1.165, 1.54) is 11.4 Å². The van der Waals surface area contributed by atoms with Gasteiger partial charge >= 0.3 is 10.2 Å². The van der Waals surface area contributed by atoms with E-state index in [2.05, 4.69) is 4.72 Å². The molecule has 1 rings (SSSR count). The molecule has 0 aliphatic heterocycles. The van der Waals surface area contributed by atoms with E-state index in [-0.39, 0.29) is 6.54 Å². The molecule has 19 heavy (non-hydrogen) atoms. The molecule has 0 fully saturated rings.